The molecule has 29 heavy (non-hydrogen) atoms. The second kappa shape index (κ2) is 8.71. The van der Waals surface area contributed by atoms with Crippen LogP contribution in [0.3, 0.4) is 0 Å². The van der Waals surface area contributed by atoms with Crippen molar-refractivity contribution in [2.45, 2.75) is 13.5 Å². The Bertz CT molecular complexity index is 1150. The maximum atomic E-state index is 13.1. The highest BCUT2D eigenvalue weighted by atomic mass is 79.9. The standard InChI is InChI=1S/C22H18BrN3O2S/c1-15-5-4-7-18(11-15)28-14-21(27)26(13-17-6-2-3-10-24-17)22-25-19-9-8-16(23)12-20(19)29-22/h2-12H,13-14H2,1H3. The Hall–Kier alpha value is -2.77. The summed E-state index contributed by atoms with van der Waals surface area (Å²) in [5.74, 6) is 0.500. The monoisotopic (exact) mass is 467 g/mol. The summed E-state index contributed by atoms with van der Waals surface area (Å²) in [6.45, 7) is 2.25. The number of hydrogen-bond acceptors (Lipinski definition) is 5. The number of benzene rings is 2. The Morgan fingerprint density at radius 2 is 2.03 bits per heavy atom. The largest absolute Gasteiger partial charge is 0.484 e. The highest BCUT2D eigenvalue weighted by Crippen LogP contribution is 2.31. The molecule has 4 rings (SSSR count). The fraction of sp³-hybridized carbons (Fsp3) is 0.136. The lowest BCUT2D eigenvalue weighted by molar-refractivity contribution is -0.120. The third-order valence-electron chi connectivity index (χ3n) is 4.27. The Morgan fingerprint density at radius 3 is 2.83 bits per heavy atom. The number of halogens is 1. The first-order valence-electron chi connectivity index (χ1n) is 9.04. The lowest BCUT2D eigenvalue weighted by Crippen LogP contribution is -2.34. The zero-order valence-corrected chi connectivity index (χ0v) is 18.1. The Balaban J connectivity index is 1.60. The highest BCUT2D eigenvalue weighted by Gasteiger charge is 2.21. The number of aryl methyl sites for hydroxylation is 1. The minimum atomic E-state index is -0.171. The van der Waals surface area contributed by atoms with Gasteiger partial charge in [-0.1, -0.05) is 45.5 Å². The minimum Gasteiger partial charge on any atom is -0.484 e. The number of thiazole rings is 1. The molecule has 2 aromatic heterocycles. The van der Waals surface area contributed by atoms with Gasteiger partial charge in [-0.05, 0) is 55.0 Å². The summed E-state index contributed by atoms with van der Waals surface area (Å²) in [7, 11) is 0. The van der Waals surface area contributed by atoms with Gasteiger partial charge >= 0.3 is 0 Å². The van der Waals surface area contributed by atoms with Gasteiger partial charge in [0, 0.05) is 10.7 Å². The van der Waals surface area contributed by atoms with Crippen LogP contribution in [0.2, 0.25) is 0 Å². The molecule has 2 heterocycles. The number of pyridine rings is 1. The van der Waals surface area contributed by atoms with Gasteiger partial charge in [0.15, 0.2) is 11.7 Å². The number of amides is 1. The van der Waals surface area contributed by atoms with Crippen molar-refractivity contribution in [3.63, 3.8) is 0 Å². The third-order valence-corrected chi connectivity index (χ3v) is 5.80. The van der Waals surface area contributed by atoms with Gasteiger partial charge in [-0.2, -0.15) is 0 Å². The molecule has 0 spiro atoms. The average molecular weight is 468 g/mol. The molecule has 0 unspecified atom stereocenters. The van der Waals surface area contributed by atoms with Crippen LogP contribution >= 0.6 is 27.3 Å². The summed E-state index contributed by atoms with van der Waals surface area (Å²) >= 11 is 4.96. The Kier molecular flexibility index (Phi) is 5.87. The molecule has 1 amide bonds. The van der Waals surface area contributed by atoms with Crippen molar-refractivity contribution >= 4 is 48.5 Å². The van der Waals surface area contributed by atoms with Crippen molar-refractivity contribution in [2.24, 2.45) is 0 Å². The van der Waals surface area contributed by atoms with E-state index in [2.05, 4.69) is 25.9 Å². The zero-order chi connectivity index (χ0) is 20.2. The van der Waals surface area contributed by atoms with E-state index in [4.69, 9.17) is 4.74 Å². The number of ether oxygens (including phenoxy) is 1. The molecule has 146 valence electrons. The molecular formula is C22H18BrN3O2S. The van der Waals surface area contributed by atoms with Crippen LogP contribution in [0, 0.1) is 6.92 Å². The summed E-state index contributed by atoms with van der Waals surface area (Å²) in [5.41, 5.74) is 2.72. The topological polar surface area (TPSA) is 55.3 Å². The van der Waals surface area contributed by atoms with E-state index in [9.17, 15) is 4.79 Å². The van der Waals surface area contributed by atoms with E-state index in [-0.39, 0.29) is 12.5 Å². The van der Waals surface area contributed by atoms with Crippen LogP contribution in [0.4, 0.5) is 5.13 Å². The maximum Gasteiger partial charge on any atom is 0.267 e. The molecule has 0 fully saturated rings. The molecule has 5 nitrogen and oxygen atoms in total. The van der Waals surface area contributed by atoms with Crippen molar-refractivity contribution < 1.29 is 9.53 Å². The molecule has 0 saturated heterocycles. The van der Waals surface area contributed by atoms with Gasteiger partial charge in [-0.15, -0.1) is 0 Å². The molecular weight excluding hydrogens is 450 g/mol. The van der Waals surface area contributed by atoms with Gasteiger partial charge in [0.2, 0.25) is 0 Å². The number of aromatic nitrogens is 2. The first kappa shape index (κ1) is 19.5. The second-order valence-electron chi connectivity index (χ2n) is 6.51. The molecule has 4 aromatic rings. The lowest BCUT2D eigenvalue weighted by Gasteiger charge is -2.19. The molecule has 0 radical (unpaired) electrons. The van der Waals surface area contributed by atoms with Crippen molar-refractivity contribution in [2.75, 3.05) is 11.5 Å². The number of nitrogens with zero attached hydrogens (tertiary/aromatic N) is 3. The SMILES string of the molecule is Cc1cccc(OCC(=O)N(Cc2ccccn2)c2nc3ccc(Br)cc3s2)c1. The molecule has 0 aliphatic rings. The van der Waals surface area contributed by atoms with Gasteiger partial charge in [0.1, 0.15) is 5.75 Å². The summed E-state index contributed by atoms with van der Waals surface area (Å²) < 4.78 is 7.72. The van der Waals surface area contributed by atoms with Crippen LogP contribution in [0.5, 0.6) is 5.75 Å². The van der Waals surface area contributed by atoms with Crippen LogP contribution < -0.4 is 9.64 Å². The number of fused-ring (bicyclic) bond motifs is 1. The van der Waals surface area contributed by atoms with Gasteiger partial charge in [-0.3, -0.25) is 14.7 Å². The van der Waals surface area contributed by atoms with E-state index in [1.165, 1.54) is 11.3 Å². The highest BCUT2D eigenvalue weighted by molar-refractivity contribution is 9.10. The molecule has 2 aromatic carbocycles. The predicted octanol–water partition coefficient (Wildman–Crippen LogP) is 5.37. The number of hydrogen-bond donors (Lipinski definition) is 0. The maximum absolute atomic E-state index is 13.1. The van der Waals surface area contributed by atoms with Gasteiger partial charge in [-0.25, -0.2) is 4.98 Å². The first-order valence-corrected chi connectivity index (χ1v) is 10.7. The second-order valence-corrected chi connectivity index (χ2v) is 8.44. The fourth-order valence-corrected chi connectivity index (χ4v) is 4.38. The molecule has 0 saturated carbocycles. The van der Waals surface area contributed by atoms with E-state index < -0.39 is 0 Å². The van der Waals surface area contributed by atoms with E-state index >= 15 is 0 Å². The molecule has 0 atom stereocenters. The summed E-state index contributed by atoms with van der Waals surface area (Å²) in [6.07, 6.45) is 1.72. The molecule has 0 aliphatic heterocycles. The van der Waals surface area contributed by atoms with E-state index in [0.717, 1.165) is 25.9 Å². The smallest absolute Gasteiger partial charge is 0.267 e. The lowest BCUT2D eigenvalue weighted by atomic mass is 10.2. The van der Waals surface area contributed by atoms with Crippen LogP contribution in [0.25, 0.3) is 10.2 Å². The minimum absolute atomic E-state index is 0.0735. The number of carbonyl (C=O) groups excluding carboxylic acids is 1. The fourth-order valence-electron chi connectivity index (χ4n) is 2.85. The number of rotatable bonds is 6. The normalized spacial score (nSPS) is 10.8. The molecule has 0 bridgehead atoms. The summed E-state index contributed by atoms with van der Waals surface area (Å²) in [5, 5.41) is 0.626. The van der Waals surface area contributed by atoms with Crippen molar-refractivity contribution in [1.82, 2.24) is 9.97 Å². The van der Waals surface area contributed by atoms with Crippen LogP contribution in [-0.2, 0) is 11.3 Å². The third kappa shape index (κ3) is 4.81. The first-order chi connectivity index (χ1) is 14.1. The zero-order valence-electron chi connectivity index (χ0n) is 15.7. The van der Waals surface area contributed by atoms with Crippen LogP contribution in [-0.4, -0.2) is 22.5 Å². The van der Waals surface area contributed by atoms with E-state index in [1.807, 2.05) is 67.6 Å². The quantitative estimate of drug-likeness (QED) is 0.382. The van der Waals surface area contributed by atoms with Gasteiger partial charge in [0.05, 0.1) is 22.5 Å². The van der Waals surface area contributed by atoms with Crippen molar-refractivity contribution in [3.8, 4) is 5.75 Å². The van der Waals surface area contributed by atoms with E-state index in [1.54, 1.807) is 11.1 Å². The molecule has 7 heteroatoms. The van der Waals surface area contributed by atoms with Crippen LogP contribution in [0.1, 0.15) is 11.3 Å². The summed E-state index contributed by atoms with van der Waals surface area (Å²) in [4.78, 5) is 23.7. The summed E-state index contributed by atoms with van der Waals surface area (Å²) in [6, 6.07) is 19.2. The van der Waals surface area contributed by atoms with Crippen molar-refractivity contribution in [3.05, 3.63) is 82.6 Å². The average Bonchev–Trinajstić information content (AvgIpc) is 3.14. The molecule has 0 N–H and O–H groups in total. The Morgan fingerprint density at radius 1 is 1.14 bits per heavy atom. The number of anilines is 1. The Labute approximate surface area is 181 Å². The van der Waals surface area contributed by atoms with Gasteiger partial charge < -0.3 is 4.74 Å². The van der Waals surface area contributed by atoms with Crippen LogP contribution in [0.15, 0.2) is 71.3 Å². The number of carbonyl (C=O) groups is 1. The van der Waals surface area contributed by atoms with Gasteiger partial charge in [0.25, 0.3) is 5.91 Å². The van der Waals surface area contributed by atoms with Crippen molar-refractivity contribution in [1.29, 1.82) is 0 Å². The van der Waals surface area contributed by atoms with E-state index in [0.29, 0.717) is 17.4 Å². The predicted molar refractivity (Wildman–Crippen MR) is 119 cm³/mol. The molecule has 0 aliphatic carbocycles.